The third kappa shape index (κ3) is 4.95. The Morgan fingerprint density at radius 3 is 2.39 bits per heavy atom. The second kappa shape index (κ2) is 9.95. The highest BCUT2D eigenvalue weighted by molar-refractivity contribution is 8.00. The van der Waals surface area contributed by atoms with Gasteiger partial charge in [0.05, 0.1) is 18.0 Å². The number of para-hydroxylation sites is 1. The highest BCUT2D eigenvalue weighted by atomic mass is 32.2. The van der Waals surface area contributed by atoms with E-state index in [4.69, 9.17) is 14.2 Å². The molecule has 4 atom stereocenters. The third-order valence-corrected chi connectivity index (χ3v) is 6.63. The van der Waals surface area contributed by atoms with Gasteiger partial charge in [-0.25, -0.2) is 9.59 Å². The number of ether oxygens (including phenoxy) is 3. The normalized spacial score (nSPS) is 23.5. The van der Waals surface area contributed by atoms with E-state index in [1.54, 1.807) is 54.6 Å². The van der Waals surface area contributed by atoms with Gasteiger partial charge in [0.2, 0.25) is 5.91 Å². The van der Waals surface area contributed by atoms with Crippen molar-refractivity contribution in [3.8, 4) is 5.75 Å². The molecule has 0 bridgehead atoms. The highest BCUT2D eigenvalue weighted by Crippen LogP contribution is 2.43. The molecule has 2 fully saturated rings. The molecule has 2 saturated heterocycles. The number of fused-ring (bicyclic) bond motifs is 1. The lowest BCUT2D eigenvalue weighted by Crippen LogP contribution is -2.50. The summed E-state index contributed by atoms with van der Waals surface area (Å²) < 4.78 is 15.8. The van der Waals surface area contributed by atoms with Crippen LogP contribution in [0.25, 0.3) is 0 Å². The number of carbonyl (C=O) groups is 4. The van der Waals surface area contributed by atoms with Gasteiger partial charge >= 0.3 is 11.9 Å². The monoisotopic (exact) mass is 470 g/mol. The summed E-state index contributed by atoms with van der Waals surface area (Å²) in [5, 5.41) is 2.21. The fourth-order valence-electron chi connectivity index (χ4n) is 3.74. The minimum Gasteiger partial charge on any atom is -0.484 e. The van der Waals surface area contributed by atoms with Gasteiger partial charge in [-0.15, -0.1) is 0 Å². The lowest BCUT2D eigenvalue weighted by Gasteiger charge is -2.24. The van der Waals surface area contributed by atoms with Gasteiger partial charge in [0.15, 0.2) is 18.1 Å². The van der Waals surface area contributed by atoms with Crippen molar-refractivity contribution in [2.75, 3.05) is 13.7 Å². The maximum atomic E-state index is 13.0. The summed E-state index contributed by atoms with van der Waals surface area (Å²) in [6.07, 6.45) is 0.257. The first-order valence-electron chi connectivity index (χ1n) is 10.3. The predicted octanol–water partition coefficient (Wildman–Crippen LogP) is 1.58. The number of carbonyl (C=O) groups excluding carboxylic acids is 4. The molecule has 0 saturated carbocycles. The van der Waals surface area contributed by atoms with E-state index in [0.29, 0.717) is 11.3 Å². The third-order valence-electron chi connectivity index (χ3n) is 5.27. The Morgan fingerprint density at radius 2 is 1.73 bits per heavy atom. The number of hydrogen-bond donors (Lipinski definition) is 1. The average molecular weight is 471 g/mol. The van der Waals surface area contributed by atoms with Crippen LogP contribution in [0.15, 0.2) is 60.7 Å². The summed E-state index contributed by atoms with van der Waals surface area (Å²) in [5.74, 6) is -1.64. The summed E-state index contributed by atoms with van der Waals surface area (Å²) >= 11 is 1.18. The Morgan fingerprint density at radius 1 is 1.06 bits per heavy atom. The minimum atomic E-state index is -1.10. The molecular formula is C23H22N2O7S. The molecule has 0 aliphatic carbocycles. The van der Waals surface area contributed by atoms with Crippen molar-refractivity contribution in [1.29, 1.82) is 0 Å². The number of rotatable bonds is 7. The molecule has 2 aliphatic heterocycles. The maximum absolute atomic E-state index is 13.0. The first-order chi connectivity index (χ1) is 16.0. The molecule has 1 N–H and O–H groups in total. The molecule has 33 heavy (non-hydrogen) atoms. The van der Waals surface area contributed by atoms with E-state index in [9.17, 15) is 19.2 Å². The summed E-state index contributed by atoms with van der Waals surface area (Å²) in [6, 6.07) is 15.3. The van der Waals surface area contributed by atoms with Gasteiger partial charge in [-0.05, 0) is 24.3 Å². The fourth-order valence-corrected chi connectivity index (χ4v) is 5.26. The van der Waals surface area contributed by atoms with E-state index in [2.05, 4.69) is 5.32 Å². The number of nitrogens with zero attached hydrogens (tertiary/aromatic N) is 1. The number of methoxy groups -OCH3 is 1. The van der Waals surface area contributed by atoms with Crippen molar-refractivity contribution in [2.24, 2.45) is 0 Å². The molecular weight excluding hydrogens is 448 g/mol. The Hall–Kier alpha value is -3.53. The fraction of sp³-hybridized carbons (Fsp3) is 0.304. The van der Waals surface area contributed by atoms with Crippen LogP contribution in [0.3, 0.4) is 0 Å². The van der Waals surface area contributed by atoms with Crippen LogP contribution in [0.4, 0.5) is 0 Å². The number of hydrogen-bond acceptors (Lipinski definition) is 8. The Balaban J connectivity index is 1.39. The number of benzene rings is 2. The predicted molar refractivity (Wildman–Crippen MR) is 118 cm³/mol. The van der Waals surface area contributed by atoms with Gasteiger partial charge in [0.1, 0.15) is 11.8 Å². The smallest absolute Gasteiger partial charge is 0.339 e. The zero-order valence-electron chi connectivity index (χ0n) is 17.7. The number of esters is 2. The molecule has 2 amide bonds. The van der Waals surface area contributed by atoms with Crippen LogP contribution in [-0.4, -0.2) is 65.3 Å². The van der Waals surface area contributed by atoms with Crippen molar-refractivity contribution < 1.29 is 33.4 Å². The molecule has 0 aromatic heterocycles. The van der Waals surface area contributed by atoms with Gasteiger partial charge in [-0.3, -0.25) is 9.59 Å². The summed E-state index contributed by atoms with van der Waals surface area (Å²) in [5.41, 5.74) is -0.583. The Labute approximate surface area is 194 Å². The van der Waals surface area contributed by atoms with E-state index in [0.717, 1.165) is 0 Å². The van der Waals surface area contributed by atoms with Gasteiger partial charge in [-0.2, -0.15) is 0 Å². The van der Waals surface area contributed by atoms with Gasteiger partial charge in [0, 0.05) is 6.42 Å². The summed E-state index contributed by atoms with van der Waals surface area (Å²) in [4.78, 5) is 51.7. The number of thioether (sulfide) groups is 1. The SMILES string of the molecule is COC(=O)[C@H]1[C@H](OC(=O)c2ccccc2)S[C@@H]2C[C@H](NC(=O)COc3ccccc3)C(=O)N21. The van der Waals surface area contributed by atoms with Crippen LogP contribution < -0.4 is 10.1 Å². The molecule has 9 nitrogen and oxygen atoms in total. The van der Waals surface area contributed by atoms with Crippen molar-refractivity contribution in [1.82, 2.24) is 10.2 Å². The maximum Gasteiger partial charge on any atom is 0.339 e. The van der Waals surface area contributed by atoms with Crippen molar-refractivity contribution >= 4 is 35.5 Å². The Bertz CT molecular complexity index is 1030. The topological polar surface area (TPSA) is 111 Å². The molecule has 0 spiro atoms. The van der Waals surface area contributed by atoms with Crippen LogP contribution in [0.1, 0.15) is 16.8 Å². The summed E-state index contributed by atoms with van der Waals surface area (Å²) in [7, 11) is 1.21. The molecule has 0 radical (unpaired) electrons. The van der Waals surface area contributed by atoms with Gasteiger partial charge in [0.25, 0.3) is 5.91 Å². The van der Waals surface area contributed by atoms with E-state index in [1.165, 1.54) is 23.8 Å². The van der Waals surface area contributed by atoms with Crippen LogP contribution in [0, 0.1) is 0 Å². The zero-order chi connectivity index (χ0) is 23.4. The van der Waals surface area contributed by atoms with Crippen LogP contribution in [0.5, 0.6) is 5.75 Å². The van der Waals surface area contributed by atoms with Crippen molar-refractivity contribution in [2.45, 2.75) is 29.3 Å². The van der Waals surface area contributed by atoms with Crippen LogP contribution in [-0.2, 0) is 23.9 Å². The molecule has 2 aromatic rings. The van der Waals surface area contributed by atoms with E-state index in [1.807, 2.05) is 6.07 Å². The standard InChI is InChI=1S/C23H22N2O7S/c1-30-22(29)19-23(32-21(28)14-8-4-2-5-9-14)33-18-12-16(20(27)25(18)19)24-17(26)13-31-15-10-6-3-7-11-15/h2-11,16,18-19,23H,12-13H2,1H3,(H,24,26)/t16-,18+,19-,23+/m0/s1. The number of nitrogens with one attached hydrogen (secondary N) is 1. The zero-order valence-corrected chi connectivity index (χ0v) is 18.5. The minimum absolute atomic E-state index is 0.247. The van der Waals surface area contributed by atoms with Crippen LogP contribution in [0.2, 0.25) is 0 Å². The molecule has 2 aromatic carbocycles. The van der Waals surface area contributed by atoms with Crippen molar-refractivity contribution in [3.63, 3.8) is 0 Å². The average Bonchev–Trinajstić information content (AvgIpc) is 3.33. The lowest BCUT2D eigenvalue weighted by atomic mass is 10.2. The van der Waals surface area contributed by atoms with Gasteiger partial charge < -0.3 is 24.4 Å². The Kier molecular flexibility index (Phi) is 6.83. The van der Waals surface area contributed by atoms with E-state index < -0.39 is 46.6 Å². The van der Waals surface area contributed by atoms with E-state index in [-0.39, 0.29) is 13.0 Å². The van der Waals surface area contributed by atoms with E-state index >= 15 is 0 Å². The first-order valence-corrected chi connectivity index (χ1v) is 11.2. The van der Waals surface area contributed by atoms with Crippen molar-refractivity contribution in [3.05, 3.63) is 66.2 Å². The lowest BCUT2D eigenvalue weighted by molar-refractivity contribution is -0.153. The summed E-state index contributed by atoms with van der Waals surface area (Å²) in [6.45, 7) is -0.247. The largest absolute Gasteiger partial charge is 0.484 e. The quantitative estimate of drug-likeness (QED) is 0.608. The molecule has 2 heterocycles. The number of amides is 2. The molecule has 0 unspecified atom stereocenters. The first kappa shape index (κ1) is 22.7. The van der Waals surface area contributed by atoms with Gasteiger partial charge in [-0.1, -0.05) is 48.2 Å². The van der Waals surface area contributed by atoms with Crippen LogP contribution >= 0.6 is 11.8 Å². The second-order valence-electron chi connectivity index (χ2n) is 7.40. The second-order valence-corrected chi connectivity index (χ2v) is 8.68. The molecule has 4 rings (SSSR count). The molecule has 10 heteroatoms. The highest BCUT2D eigenvalue weighted by Gasteiger charge is 2.57. The molecule has 2 aliphatic rings. The molecule has 172 valence electrons.